The molecule has 31 heavy (non-hydrogen) atoms. The summed E-state index contributed by atoms with van der Waals surface area (Å²) in [6.45, 7) is 10.6. The molecule has 0 saturated carbocycles. The summed E-state index contributed by atoms with van der Waals surface area (Å²) in [5, 5.41) is 0. The van der Waals surface area contributed by atoms with E-state index in [1.807, 2.05) is 35.2 Å². The van der Waals surface area contributed by atoms with Gasteiger partial charge in [0.1, 0.15) is 12.4 Å². The Labute approximate surface area is 186 Å². The van der Waals surface area contributed by atoms with Gasteiger partial charge in [-0.2, -0.15) is 0 Å². The molecule has 4 rings (SSSR count). The maximum atomic E-state index is 12.8. The van der Waals surface area contributed by atoms with Crippen LogP contribution in [-0.4, -0.2) is 97.6 Å². The molecule has 0 bridgehead atoms. The molecule has 2 fully saturated rings. The molecule has 0 aromatic heterocycles. The average molecular weight is 423 g/mol. The lowest BCUT2D eigenvalue weighted by atomic mass is 10.2. The molecule has 0 radical (unpaired) electrons. The van der Waals surface area contributed by atoms with Crippen molar-refractivity contribution in [1.82, 2.24) is 19.6 Å². The zero-order valence-corrected chi connectivity index (χ0v) is 18.4. The number of amides is 1. The summed E-state index contributed by atoms with van der Waals surface area (Å²) < 4.78 is 5.81. The molecule has 0 N–H and O–H groups in total. The molecular weight excluding hydrogens is 388 g/mol. The van der Waals surface area contributed by atoms with Crippen LogP contribution in [0, 0.1) is 0 Å². The zero-order chi connectivity index (χ0) is 21.3. The first-order chi connectivity index (χ1) is 15.3. The van der Waals surface area contributed by atoms with Crippen LogP contribution < -0.4 is 4.74 Å². The molecule has 0 atom stereocenters. The van der Waals surface area contributed by atoms with Crippen molar-refractivity contribution in [1.29, 1.82) is 0 Å². The van der Waals surface area contributed by atoms with Gasteiger partial charge in [-0.05, 0) is 17.7 Å². The second kappa shape index (κ2) is 11.3. The average Bonchev–Trinajstić information content (AvgIpc) is 2.82. The summed E-state index contributed by atoms with van der Waals surface area (Å²) in [6.07, 6.45) is 0. The fourth-order valence-electron chi connectivity index (χ4n) is 4.27. The standard InChI is InChI=1S/C25H34N4O2/c30-25(29-17-15-27(16-18-29)21-23-7-3-1-4-8-23)22-28-13-11-26(12-14-28)19-20-31-24-9-5-2-6-10-24/h1-10H,11-22H2. The Morgan fingerprint density at radius 2 is 1.29 bits per heavy atom. The number of rotatable bonds is 8. The van der Waals surface area contributed by atoms with E-state index >= 15 is 0 Å². The molecule has 0 spiro atoms. The van der Waals surface area contributed by atoms with Gasteiger partial charge in [0, 0.05) is 65.4 Å². The number of benzene rings is 2. The van der Waals surface area contributed by atoms with Crippen molar-refractivity contribution in [3.8, 4) is 5.75 Å². The van der Waals surface area contributed by atoms with Crippen LogP contribution in [0.25, 0.3) is 0 Å². The lowest BCUT2D eigenvalue weighted by Crippen LogP contribution is -2.53. The van der Waals surface area contributed by atoms with E-state index < -0.39 is 0 Å². The van der Waals surface area contributed by atoms with Crippen molar-refractivity contribution in [2.45, 2.75) is 6.54 Å². The van der Waals surface area contributed by atoms with Gasteiger partial charge >= 0.3 is 0 Å². The summed E-state index contributed by atoms with van der Waals surface area (Å²) in [4.78, 5) is 22.0. The molecule has 2 aromatic carbocycles. The van der Waals surface area contributed by atoms with Crippen molar-refractivity contribution in [3.05, 3.63) is 66.2 Å². The first kappa shape index (κ1) is 21.8. The molecular formula is C25H34N4O2. The van der Waals surface area contributed by atoms with E-state index in [2.05, 4.69) is 45.0 Å². The molecule has 2 aliphatic heterocycles. The molecule has 1 amide bonds. The summed E-state index contributed by atoms with van der Waals surface area (Å²) in [7, 11) is 0. The number of nitrogens with zero attached hydrogens (tertiary/aromatic N) is 4. The quantitative estimate of drug-likeness (QED) is 0.651. The normalized spacial score (nSPS) is 18.8. The highest BCUT2D eigenvalue weighted by atomic mass is 16.5. The number of carbonyl (C=O) groups excluding carboxylic acids is 1. The van der Waals surface area contributed by atoms with Crippen molar-refractivity contribution in [3.63, 3.8) is 0 Å². The van der Waals surface area contributed by atoms with E-state index in [4.69, 9.17) is 4.74 Å². The molecule has 166 valence electrons. The highest BCUT2D eigenvalue weighted by molar-refractivity contribution is 5.78. The fraction of sp³-hybridized carbons (Fsp3) is 0.480. The van der Waals surface area contributed by atoms with E-state index in [-0.39, 0.29) is 5.91 Å². The summed E-state index contributed by atoms with van der Waals surface area (Å²) in [5.41, 5.74) is 1.34. The highest BCUT2D eigenvalue weighted by Gasteiger charge is 2.24. The smallest absolute Gasteiger partial charge is 0.236 e. The lowest BCUT2D eigenvalue weighted by Gasteiger charge is -2.38. The Morgan fingerprint density at radius 3 is 1.97 bits per heavy atom. The predicted molar refractivity (Wildman–Crippen MR) is 123 cm³/mol. The van der Waals surface area contributed by atoms with Gasteiger partial charge in [0.15, 0.2) is 0 Å². The van der Waals surface area contributed by atoms with Crippen LogP contribution in [0.15, 0.2) is 60.7 Å². The molecule has 0 aliphatic carbocycles. The van der Waals surface area contributed by atoms with Gasteiger partial charge < -0.3 is 9.64 Å². The molecule has 2 aromatic rings. The first-order valence-electron chi connectivity index (χ1n) is 11.4. The Morgan fingerprint density at radius 1 is 0.710 bits per heavy atom. The number of para-hydroxylation sites is 1. The molecule has 0 unspecified atom stereocenters. The molecule has 6 nitrogen and oxygen atoms in total. The van der Waals surface area contributed by atoms with Crippen molar-refractivity contribution in [2.75, 3.05) is 72.1 Å². The van der Waals surface area contributed by atoms with Crippen LogP contribution >= 0.6 is 0 Å². The van der Waals surface area contributed by atoms with Crippen LogP contribution in [0.3, 0.4) is 0 Å². The number of hydrogen-bond acceptors (Lipinski definition) is 5. The van der Waals surface area contributed by atoms with Crippen LogP contribution in [-0.2, 0) is 11.3 Å². The summed E-state index contributed by atoms with van der Waals surface area (Å²) in [6, 6.07) is 20.5. The van der Waals surface area contributed by atoms with Gasteiger partial charge in [-0.15, -0.1) is 0 Å². The minimum atomic E-state index is 0.278. The van der Waals surface area contributed by atoms with Gasteiger partial charge in [0.2, 0.25) is 5.91 Å². The SMILES string of the molecule is O=C(CN1CCN(CCOc2ccccc2)CC1)N1CCN(Cc2ccccc2)CC1. The lowest BCUT2D eigenvalue weighted by molar-refractivity contribution is -0.134. The fourth-order valence-corrected chi connectivity index (χ4v) is 4.27. The van der Waals surface area contributed by atoms with Gasteiger partial charge in [0.25, 0.3) is 0 Å². The molecule has 2 aliphatic rings. The zero-order valence-electron chi connectivity index (χ0n) is 18.4. The van der Waals surface area contributed by atoms with Crippen LogP contribution in [0.5, 0.6) is 5.75 Å². The largest absolute Gasteiger partial charge is 0.492 e. The minimum absolute atomic E-state index is 0.278. The second-order valence-electron chi connectivity index (χ2n) is 8.42. The monoisotopic (exact) mass is 422 g/mol. The maximum absolute atomic E-state index is 12.8. The molecule has 6 heteroatoms. The number of hydrogen-bond donors (Lipinski definition) is 0. The molecule has 2 heterocycles. The summed E-state index contributed by atoms with van der Waals surface area (Å²) >= 11 is 0. The topological polar surface area (TPSA) is 39.3 Å². The van der Waals surface area contributed by atoms with Crippen molar-refractivity contribution >= 4 is 5.91 Å². The minimum Gasteiger partial charge on any atom is -0.492 e. The van der Waals surface area contributed by atoms with E-state index in [1.54, 1.807) is 0 Å². The second-order valence-corrected chi connectivity index (χ2v) is 8.42. The number of piperazine rings is 2. The van der Waals surface area contributed by atoms with Crippen molar-refractivity contribution < 1.29 is 9.53 Å². The van der Waals surface area contributed by atoms with Gasteiger partial charge in [-0.1, -0.05) is 48.5 Å². The third kappa shape index (κ3) is 6.79. The van der Waals surface area contributed by atoms with E-state index in [1.165, 1.54) is 5.56 Å². The van der Waals surface area contributed by atoms with E-state index in [0.717, 1.165) is 71.2 Å². The Kier molecular flexibility index (Phi) is 7.93. The van der Waals surface area contributed by atoms with Gasteiger partial charge in [0.05, 0.1) is 6.54 Å². The van der Waals surface area contributed by atoms with E-state index in [0.29, 0.717) is 13.2 Å². The summed E-state index contributed by atoms with van der Waals surface area (Å²) in [5.74, 6) is 1.20. The highest BCUT2D eigenvalue weighted by Crippen LogP contribution is 2.11. The van der Waals surface area contributed by atoms with E-state index in [9.17, 15) is 4.79 Å². The van der Waals surface area contributed by atoms with Crippen molar-refractivity contribution in [2.24, 2.45) is 0 Å². The first-order valence-corrected chi connectivity index (χ1v) is 11.4. The third-order valence-electron chi connectivity index (χ3n) is 6.22. The Hall–Kier alpha value is -2.41. The van der Waals surface area contributed by atoms with Crippen LogP contribution in [0.4, 0.5) is 0 Å². The molecule has 2 saturated heterocycles. The predicted octanol–water partition coefficient (Wildman–Crippen LogP) is 2.03. The Bertz CT molecular complexity index is 786. The Balaban J connectivity index is 1.11. The number of carbonyl (C=O) groups is 1. The van der Waals surface area contributed by atoms with Crippen LogP contribution in [0.1, 0.15) is 5.56 Å². The van der Waals surface area contributed by atoms with Gasteiger partial charge in [-0.3, -0.25) is 19.5 Å². The van der Waals surface area contributed by atoms with Gasteiger partial charge in [-0.25, -0.2) is 0 Å². The van der Waals surface area contributed by atoms with Crippen LogP contribution in [0.2, 0.25) is 0 Å². The maximum Gasteiger partial charge on any atom is 0.236 e. The third-order valence-corrected chi connectivity index (χ3v) is 6.22. The number of ether oxygens (including phenoxy) is 1.